The number of imidazole rings is 1. The summed E-state index contributed by atoms with van der Waals surface area (Å²) in [7, 11) is 3.60. The van der Waals surface area contributed by atoms with Gasteiger partial charge in [0.15, 0.2) is 0 Å². The Morgan fingerprint density at radius 3 is 2.95 bits per heavy atom. The Kier molecular flexibility index (Phi) is 4.07. The van der Waals surface area contributed by atoms with Crippen molar-refractivity contribution in [3.05, 3.63) is 40.6 Å². The number of rotatable bonds is 6. The fraction of sp³-hybridized carbons (Fsp3) is 0.462. The smallest absolute Gasteiger partial charge is 0.406 e. The second-order valence-corrected chi connectivity index (χ2v) is 4.84. The van der Waals surface area contributed by atoms with Crippen molar-refractivity contribution in [2.45, 2.75) is 25.8 Å². The van der Waals surface area contributed by atoms with Crippen molar-refractivity contribution in [1.29, 1.82) is 0 Å². The van der Waals surface area contributed by atoms with E-state index in [0.717, 1.165) is 18.6 Å². The first-order chi connectivity index (χ1) is 9.50. The highest BCUT2D eigenvalue weighted by Crippen LogP contribution is 2.27. The van der Waals surface area contributed by atoms with Crippen LogP contribution in [0.15, 0.2) is 29.1 Å². The normalized spacial score (nSPS) is 12.3. The fourth-order valence-electron chi connectivity index (χ4n) is 2.16. The molecule has 7 nitrogen and oxygen atoms in total. The van der Waals surface area contributed by atoms with Crippen LogP contribution in [-0.4, -0.2) is 27.6 Å². The summed E-state index contributed by atoms with van der Waals surface area (Å²) in [6, 6.07) is 3.92. The number of anilines is 1. The maximum Gasteiger partial charge on any atom is 0.406 e. The number of hydrogen-bond acceptors (Lipinski definition) is 5. The van der Waals surface area contributed by atoms with Crippen LogP contribution in [-0.2, 0) is 13.5 Å². The van der Waals surface area contributed by atoms with Crippen LogP contribution in [0, 0.1) is 10.1 Å². The van der Waals surface area contributed by atoms with Crippen molar-refractivity contribution in [2.75, 3.05) is 11.9 Å². The standard InChI is InChI=1S/C13H18N4O3/c1-10(6-7-11-5-4-8-20-11)16(3)13-12(17(18)19)14-9-15(13)2/h4-5,8-10H,6-7H2,1-3H3. The van der Waals surface area contributed by atoms with Gasteiger partial charge < -0.3 is 19.4 Å². The Bertz CT molecular complexity index is 576. The van der Waals surface area contributed by atoms with Gasteiger partial charge in [-0.3, -0.25) is 4.57 Å². The van der Waals surface area contributed by atoms with Gasteiger partial charge in [-0.15, -0.1) is 0 Å². The molecule has 0 aliphatic rings. The molecule has 0 saturated heterocycles. The fourth-order valence-corrected chi connectivity index (χ4v) is 2.16. The van der Waals surface area contributed by atoms with E-state index in [1.54, 1.807) is 17.9 Å². The summed E-state index contributed by atoms with van der Waals surface area (Å²) >= 11 is 0. The van der Waals surface area contributed by atoms with E-state index in [1.807, 2.05) is 31.0 Å². The maximum atomic E-state index is 11.0. The summed E-state index contributed by atoms with van der Waals surface area (Å²) in [4.78, 5) is 16.3. The zero-order valence-electron chi connectivity index (χ0n) is 11.8. The van der Waals surface area contributed by atoms with E-state index in [1.165, 1.54) is 6.33 Å². The van der Waals surface area contributed by atoms with Crippen LogP contribution < -0.4 is 4.90 Å². The summed E-state index contributed by atoms with van der Waals surface area (Å²) < 4.78 is 6.96. The minimum Gasteiger partial charge on any atom is -0.469 e. The molecule has 0 bridgehead atoms. The lowest BCUT2D eigenvalue weighted by molar-refractivity contribution is -0.388. The van der Waals surface area contributed by atoms with Crippen molar-refractivity contribution >= 4 is 11.6 Å². The second kappa shape index (κ2) is 5.77. The summed E-state index contributed by atoms with van der Waals surface area (Å²) in [6.07, 6.45) is 4.75. The minimum atomic E-state index is -0.453. The monoisotopic (exact) mass is 278 g/mol. The van der Waals surface area contributed by atoms with Crippen molar-refractivity contribution in [3.8, 4) is 0 Å². The van der Waals surface area contributed by atoms with Crippen molar-refractivity contribution in [3.63, 3.8) is 0 Å². The highest BCUT2D eigenvalue weighted by molar-refractivity contribution is 5.54. The van der Waals surface area contributed by atoms with Crippen molar-refractivity contribution < 1.29 is 9.34 Å². The zero-order valence-corrected chi connectivity index (χ0v) is 11.8. The molecule has 2 heterocycles. The molecule has 1 atom stereocenters. The van der Waals surface area contributed by atoms with Crippen molar-refractivity contribution in [2.24, 2.45) is 7.05 Å². The van der Waals surface area contributed by atoms with Gasteiger partial charge in [0.2, 0.25) is 12.1 Å². The zero-order chi connectivity index (χ0) is 14.7. The van der Waals surface area contributed by atoms with Gasteiger partial charge in [-0.2, -0.15) is 0 Å². The van der Waals surface area contributed by atoms with Gasteiger partial charge in [0.1, 0.15) is 5.76 Å². The van der Waals surface area contributed by atoms with Gasteiger partial charge >= 0.3 is 5.82 Å². The predicted molar refractivity (Wildman–Crippen MR) is 74.8 cm³/mol. The van der Waals surface area contributed by atoms with Crippen LogP contribution in [0.3, 0.4) is 0 Å². The van der Waals surface area contributed by atoms with Crippen LogP contribution in [0.5, 0.6) is 0 Å². The first-order valence-corrected chi connectivity index (χ1v) is 6.41. The van der Waals surface area contributed by atoms with Gasteiger partial charge in [-0.05, 0) is 35.4 Å². The van der Waals surface area contributed by atoms with E-state index < -0.39 is 4.92 Å². The predicted octanol–water partition coefficient (Wildman–Crippen LogP) is 2.38. The number of nitrogens with zero attached hydrogens (tertiary/aromatic N) is 4. The summed E-state index contributed by atoms with van der Waals surface area (Å²) in [5.41, 5.74) is 0. The molecule has 0 N–H and O–H groups in total. The molecular formula is C13H18N4O3. The van der Waals surface area contributed by atoms with E-state index >= 15 is 0 Å². The third kappa shape index (κ3) is 2.81. The van der Waals surface area contributed by atoms with E-state index in [4.69, 9.17) is 4.42 Å². The molecule has 0 saturated carbocycles. The van der Waals surface area contributed by atoms with Crippen LogP contribution in [0.1, 0.15) is 19.1 Å². The SMILES string of the molecule is CC(CCc1ccco1)N(C)c1c([N+](=O)[O-])ncn1C. The molecule has 0 amide bonds. The lowest BCUT2D eigenvalue weighted by atomic mass is 10.1. The van der Waals surface area contributed by atoms with Gasteiger partial charge in [0, 0.05) is 26.6 Å². The summed E-state index contributed by atoms with van der Waals surface area (Å²) in [5, 5.41) is 11.0. The Balaban J connectivity index is 2.08. The molecule has 0 spiro atoms. The molecule has 108 valence electrons. The lowest BCUT2D eigenvalue weighted by Gasteiger charge is -2.25. The van der Waals surface area contributed by atoms with Crippen LogP contribution in [0.4, 0.5) is 11.6 Å². The molecule has 0 aromatic carbocycles. The van der Waals surface area contributed by atoms with E-state index in [-0.39, 0.29) is 11.9 Å². The molecule has 0 aliphatic carbocycles. The average molecular weight is 278 g/mol. The van der Waals surface area contributed by atoms with E-state index in [2.05, 4.69) is 4.98 Å². The molecular weight excluding hydrogens is 260 g/mol. The first kappa shape index (κ1) is 14.1. The number of furan rings is 1. The molecule has 2 aromatic rings. The van der Waals surface area contributed by atoms with Crippen molar-refractivity contribution in [1.82, 2.24) is 9.55 Å². The lowest BCUT2D eigenvalue weighted by Crippen LogP contribution is -2.31. The molecule has 1 unspecified atom stereocenters. The molecule has 0 aliphatic heterocycles. The van der Waals surface area contributed by atoms with E-state index in [9.17, 15) is 10.1 Å². The number of aryl methyl sites for hydroxylation is 2. The van der Waals surface area contributed by atoms with Crippen LogP contribution in [0.25, 0.3) is 0 Å². The second-order valence-electron chi connectivity index (χ2n) is 4.84. The van der Waals surface area contributed by atoms with Gasteiger partial charge in [0.25, 0.3) is 0 Å². The topological polar surface area (TPSA) is 77.3 Å². The first-order valence-electron chi connectivity index (χ1n) is 6.41. The number of aromatic nitrogens is 2. The third-order valence-electron chi connectivity index (χ3n) is 3.44. The van der Waals surface area contributed by atoms with Gasteiger partial charge in [-0.1, -0.05) is 0 Å². The molecule has 2 aromatic heterocycles. The Hall–Kier alpha value is -2.31. The number of hydrogen-bond donors (Lipinski definition) is 0. The van der Waals surface area contributed by atoms with Gasteiger partial charge in [-0.25, -0.2) is 0 Å². The van der Waals surface area contributed by atoms with E-state index in [0.29, 0.717) is 5.82 Å². The maximum absolute atomic E-state index is 11.0. The largest absolute Gasteiger partial charge is 0.469 e. The third-order valence-corrected chi connectivity index (χ3v) is 3.44. The Morgan fingerprint density at radius 2 is 2.35 bits per heavy atom. The Morgan fingerprint density at radius 1 is 1.60 bits per heavy atom. The van der Waals surface area contributed by atoms with Crippen LogP contribution >= 0.6 is 0 Å². The summed E-state index contributed by atoms with van der Waals surface area (Å²) in [5.74, 6) is 1.33. The highest BCUT2D eigenvalue weighted by Gasteiger charge is 2.26. The number of nitro groups is 1. The van der Waals surface area contributed by atoms with Crippen LogP contribution in [0.2, 0.25) is 0 Å². The minimum absolute atomic E-state index is 0.111. The average Bonchev–Trinajstić information content (AvgIpc) is 3.04. The quantitative estimate of drug-likeness (QED) is 0.599. The summed E-state index contributed by atoms with van der Waals surface area (Å²) in [6.45, 7) is 2.03. The molecule has 20 heavy (non-hydrogen) atoms. The molecule has 0 fully saturated rings. The molecule has 0 radical (unpaired) electrons. The highest BCUT2D eigenvalue weighted by atomic mass is 16.6. The van der Waals surface area contributed by atoms with Gasteiger partial charge in [0.05, 0.1) is 6.26 Å². The molecule has 2 rings (SSSR count). The molecule has 7 heteroatoms. The Labute approximate surface area is 117 Å².